The topological polar surface area (TPSA) is 0 Å². The molecule has 0 unspecified atom stereocenters. The molecule has 0 saturated heterocycles. The molecule has 0 nitrogen and oxygen atoms in total. The van der Waals surface area contributed by atoms with Crippen LogP contribution in [-0.2, 0) is 19.5 Å². The number of hydrogen-bond donors (Lipinski definition) is 0. The smallest absolute Gasteiger partial charge is 0.546 e. The number of hydrogen-bond acceptors (Lipinski definition) is 0. The number of rotatable bonds is 0. The van der Waals surface area contributed by atoms with Crippen LogP contribution in [0.3, 0.4) is 0 Å². The summed E-state index contributed by atoms with van der Waals surface area (Å²) in [5, 5.41) is 0. The molecule has 1 rings (SSSR count). The van der Waals surface area contributed by atoms with Crippen LogP contribution in [0.15, 0.2) is 23.3 Å². The van der Waals surface area contributed by atoms with Crippen LogP contribution in [0.25, 0.3) is 0 Å². The predicted molar refractivity (Wildman–Crippen MR) is 71.8 cm³/mol. The minimum Gasteiger partial charge on any atom is -0.546 e. The Labute approximate surface area is 121 Å². The summed E-state index contributed by atoms with van der Waals surface area (Å²) in [7, 11) is 0. The van der Waals surface area contributed by atoms with E-state index in [4.69, 9.17) is 13.2 Å². The Kier molecular flexibility index (Phi) is 22.5. The molecule has 0 fully saturated rings. The van der Waals surface area contributed by atoms with Crippen LogP contribution in [0.5, 0.6) is 0 Å². The predicted octanol–water partition coefficient (Wildman–Crippen LogP) is 4.68. The minimum atomic E-state index is 0. The maximum absolute atomic E-state index is 4.92. The first-order valence-corrected chi connectivity index (χ1v) is 5.39. The third-order valence-electron chi connectivity index (χ3n) is 1.15. The van der Waals surface area contributed by atoms with E-state index in [1.165, 1.54) is 0 Å². The maximum Gasteiger partial charge on any atom is 6.00 e. The van der Waals surface area contributed by atoms with Gasteiger partial charge in [0.05, 0.1) is 0 Å². The molecule has 0 aromatic heterocycles. The Hall–Kier alpha value is -0.677. The average Bonchev–Trinajstić information content (AvgIpc) is 1.98. The first kappa shape index (κ1) is 21.6. The minimum absolute atomic E-state index is 0. The van der Waals surface area contributed by atoms with E-state index in [-0.39, 0.29) is 19.5 Å². The second-order valence-electron chi connectivity index (χ2n) is 3.59. The summed E-state index contributed by atoms with van der Waals surface area (Å²) in [5.41, 5.74) is 1.33. The van der Waals surface area contributed by atoms with Crippen molar-refractivity contribution in [2.24, 2.45) is 0 Å². The standard InChI is InChI=1S/C8H10.2C4H6.Ru/c1-2-4-6-8-7-5-3-1;2*1-4(2)3;/h1,8H,2,4-5,7H2;2*1H,2H2,3H3;/q3*-2;+6. The van der Waals surface area contributed by atoms with Crippen LogP contribution < -0.4 is 0 Å². The van der Waals surface area contributed by atoms with Gasteiger partial charge >= 0.3 is 19.5 Å². The van der Waals surface area contributed by atoms with Gasteiger partial charge in [0, 0.05) is 0 Å². The van der Waals surface area contributed by atoms with E-state index >= 15 is 0 Å². The molecule has 0 aromatic rings. The van der Waals surface area contributed by atoms with Crippen LogP contribution in [0.2, 0.25) is 0 Å². The molecular formula is C16H22Ru. The fraction of sp³-hybridized carbons (Fsp3) is 0.375. The molecule has 1 heteroatoms. The van der Waals surface area contributed by atoms with Crippen molar-refractivity contribution in [1.29, 1.82) is 0 Å². The molecule has 0 N–H and O–H groups in total. The zero-order valence-corrected chi connectivity index (χ0v) is 12.6. The molecule has 0 bridgehead atoms. The second-order valence-corrected chi connectivity index (χ2v) is 3.59. The number of allylic oxidation sites excluding steroid dienone is 6. The molecule has 1 aliphatic carbocycles. The molecule has 0 aromatic carbocycles. The van der Waals surface area contributed by atoms with Crippen molar-refractivity contribution in [3.05, 3.63) is 62.5 Å². The van der Waals surface area contributed by atoms with Gasteiger partial charge in [-0.25, -0.2) is 0 Å². The van der Waals surface area contributed by atoms with E-state index < -0.39 is 0 Å². The quantitative estimate of drug-likeness (QED) is 0.450. The Morgan fingerprint density at radius 2 is 1.18 bits per heavy atom. The molecule has 1 aliphatic rings. The van der Waals surface area contributed by atoms with Crippen molar-refractivity contribution in [3.8, 4) is 0 Å². The molecule has 0 atom stereocenters. The fourth-order valence-electron chi connectivity index (χ4n) is 0.719. The second kappa shape index (κ2) is 17.7. The van der Waals surface area contributed by atoms with Gasteiger partial charge in [-0.2, -0.15) is 12.8 Å². The van der Waals surface area contributed by atoms with Crippen molar-refractivity contribution >= 4 is 0 Å². The van der Waals surface area contributed by atoms with Crippen LogP contribution in [-0.4, -0.2) is 0 Å². The van der Waals surface area contributed by atoms with E-state index in [0.29, 0.717) is 11.1 Å². The van der Waals surface area contributed by atoms with Gasteiger partial charge in [0.2, 0.25) is 0 Å². The SMILES string of the molecule is [C-]1=CCC[C-]=CCC1.[CH-]=C([CH2-])C.[CH-]=C([CH2-])C.[Ru+6]. The van der Waals surface area contributed by atoms with E-state index in [1.54, 1.807) is 13.8 Å². The molecule has 17 heavy (non-hydrogen) atoms. The van der Waals surface area contributed by atoms with Gasteiger partial charge in [-0.3, -0.25) is 12.2 Å². The van der Waals surface area contributed by atoms with Gasteiger partial charge in [0.1, 0.15) is 0 Å². The Bertz CT molecular complexity index is 188. The summed E-state index contributed by atoms with van der Waals surface area (Å²) < 4.78 is 0. The van der Waals surface area contributed by atoms with Crippen LogP contribution in [0, 0.1) is 39.2 Å². The first-order chi connectivity index (χ1) is 7.46. The summed E-state index contributed by atoms with van der Waals surface area (Å²) in [4.78, 5) is 0. The van der Waals surface area contributed by atoms with E-state index in [1.807, 2.05) is 0 Å². The van der Waals surface area contributed by atoms with Gasteiger partial charge in [-0.05, 0) is 0 Å². The molecule has 0 amide bonds. The molecule has 0 spiro atoms. The third kappa shape index (κ3) is 50.7. The van der Waals surface area contributed by atoms with Crippen molar-refractivity contribution in [2.45, 2.75) is 39.5 Å². The molecule has 94 valence electrons. The van der Waals surface area contributed by atoms with E-state index in [0.717, 1.165) is 25.7 Å². The largest absolute Gasteiger partial charge is 6.00 e. The molecule has 0 heterocycles. The summed E-state index contributed by atoms with van der Waals surface area (Å²) in [6, 6.07) is 0. The van der Waals surface area contributed by atoms with Crippen molar-refractivity contribution in [3.63, 3.8) is 0 Å². The van der Waals surface area contributed by atoms with Gasteiger partial charge in [-0.15, -0.1) is 13.8 Å². The third-order valence-corrected chi connectivity index (χ3v) is 1.15. The first-order valence-electron chi connectivity index (χ1n) is 5.39. The normalized spacial score (nSPS) is 12.4. The molecular weight excluding hydrogens is 293 g/mol. The van der Waals surface area contributed by atoms with Crippen LogP contribution in [0.1, 0.15) is 39.5 Å². The van der Waals surface area contributed by atoms with E-state index in [2.05, 4.69) is 38.2 Å². The van der Waals surface area contributed by atoms with Crippen molar-refractivity contribution in [2.75, 3.05) is 0 Å². The van der Waals surface area contributed by atoms with E-state index in [9.17, 15) is 0 Å². The fourth-order valence-corrected chi connectivity index (χ4v) is 0.719. The Morgan fingerprint density at radius 1 is 0.941 bits per heavy atom. The van der Waals surface area contributed by atoms with Crippen molar-refractivity contribution < 1.29 is 19.5 Å². The maximum atomic E-state index is 4.92. The van der Waals surface area contributed by atoms with Crippen molar-refractivity contribution in [1.82, 2.24) is 0 Å². The van der Waals surface area contributed by atoms with Crippen LogP contribution in [0.4, 0.5) is 0 Å². The van der Waals surface area contributed by atoms with Gasteiger partial charge in [-0.1, -0.05) is 12.8 Å². The zero-order valence-electron chi connectivity index (χ0n) is 10.9. The molecule has 0 saturated carbocycles. The summed E-state index contributed by atoms with van der Waals surface area (Å²) >= 11 is 0. The zero-order chi connectivity index (χ0) is 12.8. The summed E-state index contributed by atoms with van der Waals surface area (Å²) in [6.45, 7) is 20.0. The Balaban J connectivity index is -0.000000189. The summed E-state index contributed by atoms with van der Waals surface area (Å²) in [5.74, 6) is 0. The average molecular weight is 315 g/mol. The van der Waals surface area contributed by atoms with Gasteiger partial charge in [0.15, 0.2) is 0 Å². The van der Waals surface area contributed by atoms with Gasteiger partial charge in [0.25, 0.3) is 0 Å². The summed E-state index contributed by atoms with van der Waals surface area (Å²) in [6.07, 6.45) is 15.0. The molecule has 0 radical (unpaired) electrons. The monoisotopic (exact) mass is 316 g/mol. The van der Waals surface area contributed by atoms with Crippen LogP contribution >= 0.6 is 0 Å². The Morgan fingerprint density at radius 3 is 1.41 bits per heavy atom. The molecule has 0 aliphatic heterocycles. The van der Waals surface area contributed by atoms with Gasteiger partial charge < -0.3 is 50.3 Å².